The summed E-state index contributed by atoms with van der Waals surface area (Å²) in [5.74, 6) is 0.886. The molecule has 0 atom stereocenters. The number of hydrogen-bond donors (Lipinski definition) is 0. The molecule has 0 unspecified atom stereocenters. The first-order valence-corrected chi connectivity index (χ1v) is 7.94. The average Bonchev–Trinajstić information content (AvgIpc) is 2.94. The molecular formula is C15H17ClN2S. The van der Waals surface area contributed by atoms with E-state index in [1.54, 1.807) is 4.68 Å². The molecule has 2 aromatic rings. The van der Waals surface area contributed by atoms with Gasteiger partial charge in [0.05, 0.1) is 5.69 Å². The molecule has 100 valence electrons. The van der Waals surface area contributed by atoms with Crippen LogP contribution in [0.5, 0.6) is 0 Å². The molecule has 0 saturated heterocycles. The molecule has 19 heavy (non-hydrogen) atoms. The molecule has 2 nitrogen and oxygen atoms in total. The van der Waals surface area contributed by atoms with E-state index in [0.717, 1.165) is 22.2 Å². The van der Waals surface area contributed by atoms with Gasteiger partial charge in [-0.15, -0.1) is 11.8 Å². The van der Waals surface area contributed by atoms with Crippen LogP contribution in [0.25, 0.3) is 0 Å². The molecule has 1 heterocycles. The molecule has 0 spiro atoms. The van der Waals surface area contributed by atoms with Crippen LogP contribution >= 0.6 is 23.4 Å². The van der Waals surface area contributed by atoms with Gasteiger partial charge in [-0.3, -0.25) is 4.68 Å². The minimum absolute atomic E-state index is 0.756. The maximum Gasteiger partial charge on any atom is 0.131 e. The molecule has 4 heteroatoms. The Morgan fingerprint density at radius 1 is 1.32 bits per heavy atom. The Bertz CT molecular complexity index is 619. The number of aryl methyl sites for hydroxylation is 4. The van der Waals surface area contributed by atoms with Gasteiger partial charge in [0, 0.05) is 23.3 Å². The van der Waals surface area contributed by atoms with E-state index in [9.17, 15) is 0 Å². The summed E-state index contributed by atoms with van der Waals surface area (Å²) in [6, 6.07) is 6.85. The standard InChI is InChI=1S/C15H17ClN2S/c1-10-14(15(16)18(2)17-10)9-19-13-7-6-11-4-3-5-12(11)8-13/h6-8H,3-5,9H2,1-2H3. The summed E-state index contributed by atoms with van der Waals surface area (Å²) in [5.41, 5.74) is 5.23. The number of rotatable bonds is 3. The Morgan fingerprint density at radius 2 is 2.11 bits per heavy atom. The van der Waals surface area contributed by atoms with E-state index in [2.05, 4.69) is 23.3 Å². The molecule has 0 fully saturated rings. The van der Waals surface area contributed by atoms with Gasteiger partial charge in [-0.25, -0.2) is 0 Å². The maximum atomic E-state index is 6.26. The lowest BCUT2D eigenvalue weighted by Crippen LogP contribution is -1.89. The largest absolute Gasteiger partial charge is 0.257 e. The summed E-state index contributed by atoms with van der Waals surface area (Å²) in [7, 11) is 1.89. The Kier molecular flexibility index (Phi) is 3.59. The average molecular weight is 293 g/mol. The number of benzene rings is 1. The second kappa shape index (κ2) is 5.22. The third-order valence-electron chi connectivity index (χ3n) is 3.72. The van der Waals surface area contributed by atoms with Crippen molar-refractivity contribution in [1.82, 2.24) is 9.78 Å². The zero-order valence-electron chi connectivity index (χ0n) is 11.2. The van der Waals surface area contributed by atoms with Crippen LogP contribution in [0.4, 0.5) is 0 Å². The van der Waals surface area contributed by atoms with Crippen LogP contribution in [0.2, 0.25) is 5.15 Å². The SMILES string of the molecule is Cc1nn(C)c(Cl)c1CSc1ccc2c(c1)CCC2. The summed E-state index contributed by atoms with van der Waals surface area (Å²) in [5, 5.41) is 5.11. The second-order valence-electron chi connectivity index (χ2n) is 5.05. The predicted molar refractivity (Wildman–Crippen MR) is 81.0 cm³/mol. The molecular weight excluding hydrogens is 276 g/mol. The summed E-state index contributed by atoms with van der Waals surface area (Å²) in [4.78, 5) is 1.33. The van der Waals surface area contributed by atoms with E-state index < -0.39 is 0 Å². The van der Waals surface area contributed by atoms with E-state index in [0.29, 0.717) is 0 Å². The van der Waals surface area contributed by atoms with E-state index in [1.165, 1.54) is 35.3 Å². The maximum absolute atomic E-state index is 6.26. The van der Waals surface area contributed by atoms with Crippen molar-refractivity contribution < 1.29 is 0 Å². The quantitative estimate of drug-likeness (QED) is 0.791. The minimum Gasteiger partial charge on any atom is -0.257 e. The molecule has 0 N–H and O–H groups in total. The smallest absolute Gasteiger partial charge is 0.131 e. The Hall–Kier alpha value is -0.930. The summed E-state index contributed by atoms with van der Waals surface area (Å²) >= 11 is 8.10. The number of thioether (sulfide) groups is 1. The van der Waals surface area contributed by atoms with Crippen LogP contribution in [0.1, 0.15) is 28.8 Å². The first-order valence-electron chi connectivity index (χ1n) is 6.57. The van der Waals surface area contributed by atoms with Crippen molar-refractivity contribution in [2.75, 3.05) is 0 Å². The van der Waals surface area contributed by atoms with Gasteiger partial charge in [-0.1, -0.05) is 17.7 Å². The third kappa shape index (κ3) is 2.54. The fourth-order valence-electron chi connectivity index (χ4n) is 2.63. The molecule has 0 amide bonds. The van der Waals surface area contributed by atoms with Crippen LogP contribution < -0.4 is 0 Å². The molecule has 3 rings (SSSR count). The lowest BCUT2D eigenvalue weighted by Gasteiger charge is -2.05. The Morgan fingerprint density at radius 3 is 2.84 bits per heavy atom. The number of hydrogen-bond acceptors (Lipinski definition) is 2. The van der Waals surface area contributed by atoms with Crippen molar-refractivity contribution in [2.24, 2.45) is 7.05 Å². The monoisotopic (exact) mass is 292 g/mol. The Balaban J connectivity index is 1.76. The van der Waals surface area contributed by atoms with Crippen molar-refractivity contribution in [1.29, 1.82) is 0 Å². The first-order chi connectivity index (χ1) is 9.15. The highest BCUT2D eigenvalue weighted by Crippen LogP contribution is 2.31. The molecule has 1 aromatic heterocycles. The van der Waals surface area contributed by atoms with Crippen molar-refractivity contribution >= 4 is 23.4 Å². The zero-order chi connectivity index (χ0) is 13.4. The fourth-order valence-corrected chi connectivity index (χ4v) is 4.00. The molecule has 0 bridgehead atoms. The van der Waals surface area contributed by atoms with Gasteiger partial charge < -0.3 is 0 Å². The Labute approximate surface area is 123 Å². The number of halogens is 1. The predicted octanol–water partition coefficient (Wildman–Crippen LogP) is 4.16. The number of aromatic nitrogens is 2. The summed E-state index contributed by atoms with van der Waals surface area (Å²) in [6.07, 6.45) is 3.78. The second-order valence-corrected chi connectivity index (χ2v) is 6.46. The van der Waals surface area contributed by atoms with Crippen molar-refractivity contribution in [3.05, 3.63) is 45.7 Å². The third-order valence-corrected chi connectivity index (χ3v) is 5.22. The van der Waals surface area contributed by atoms with E-state index in [-0.39, 0.29) is 0 Å². The van der Waals surface area contributed by atoms with Gasteiger partial charge in [-0.05, 0) is 49.4 Å². The van der Waals surface area contributed by atoms with Gasteiger partial charge in [0.2, 0.25) is 0 Å². The molecule has 1 aromatic carbocycles. The minimum atomic E-state index is 0.756. The molecule has 0 aliphatic heterocycles. The molecule has 0 saturated carbocycles. The highest BCUT2D eigenvalue weighted by Gasteiger charge is 2.13. The lowest BCUT2D eigenvalue weighted by molar-refractivity contribution is 0.757. The first kappa shape index (κ1) is 13.1. The normalized spacial score (nSPS) is 13.8. The van der Waals surface area contributed by atoms with Crippen molar-refractivity contribution in [2.45, 2.75) is 36.8 Å². The van der Waals surface area contributed by atoms with Crippen LogP contribution in [-0.4, -0.2) is 9.78 Å². The van der Waals surface area contributed by atoms with Crippen LogP contribution in [0, 0.1) is 6.92 Å². The van der Waals surface area contributed by atoms with Gasteiger partial charge in [-0.2, -0.15) is 5.10 Å². The molecule has 1 aliphatic carbocycles. The van der Waals surface area contributed by atoms with Gasteiger partial charge in [0.1, 0.15) is 5.15 Å². The summed E-state index contributed by atoms with van der Waals surface area (Å²) in [6.45, 7) is 2.02. The van der Waals surface area contributed by atoms with Crippen molar-refractivity contribution in [3.8, 4) is 0 Å². The van der Waals surface area contributed by atoms with E-state index in [4.69, 9.17) is 11.6 Å². The van der Waals surface area contributed by atoms with Gasteiger partial charge in [0.15, 0.2) is 0 Å². The zero-order valence-corrected chi connectivity index (χ0v) is 12.8. The van der Waals surface area contributed by atoms with E-state index >= 15 is 0 Å². The highest BCUT2D eigenvalue weighted by molar-refractivity contribution is 7.98. The van der Waals surface area contributed by atoms with E-state index in [1.807, 2.05) is 25.7 Å². The number of nitrogens with zero attached hydrogens (tertiary/aromatic N) is 2. The van der Waals surface area contributed by atoms with Crippen LogP contribution in [0.15, 0.2) is 23.1 Å². The topological polar surface area (TPSA) is 17.8 Å². The van der Waals surface area contributed by atoms with Crippen LogP contribution in [0.3, 0.4) is 0 Å². The number of fused-ring (bicyclic) bond motifs is 1. The molecule has 0 radical (unpaired) electrons. The fraction of sp³-hybridized carbons (Fsp3) is 0.400. The summed E-state index contributed by atoms with van der Waals surface area (Å²) < 4.78 is 1.75. The highest BCUT2D eigenvalue weighted by atomic mass is 35.5. The molecule has 1 aliphatic rings. The van der Waals surface area contributed by atoms with Gasteiger partial charge >= 0.3 is 0 Å². The van der Waals surface area contributed by atoms with Crippen LogP contribution in [-0.2, 0) is 25.6 Å². The van der Waals surface area contributed by atoms with Crippen molar-refractivity contribution in [3.63, 3.8) is 0 Å². The van der Waals surface area contributed by atoms with Gasteiger partial charge in [0.25, 0.3) is 0 Å². The lowest BCUT2D eigenvalue weighted by atomic mass is 10.1.